The van der Waals surface area contributed by atoms with E-state index >= 15 is 0 Å². The molecule has 3 N–H and O–H groups in total. The lowest BCUT2D eigenvalue weighted by Crippen LogP contribution is -2.34. The number of amides is 2. The second-order valence-electron chi connectivity index (χ2n) is 6.37. The SMILES string of the molecule is C[C@@H](NC(=O)C[C@@H](NC(=O)O)c1ccc(Cl)cc1)c1ccc(OCC(F)(F)F)cn1. The second kappa shape index (κ2) is 10.1. The highest BCUT2D eigenvalue weighted by Gasteiger charge is 2.28. The van der Waals surface area contributed by atoms with E-state index in [0.29, 0.717) is 16.3 Å². The molecule has 1 aromatic heterocycles. The Kier molecular flexibility index (Phi) is 7.87. The summed E-state index contributed by atoms with van der Waals surface area (Å²) in [4.78, 5) is 27.4. The van der Waals surface area contributed by atoms with Crippen LogP contribution in [0.3, 0.4) is 0 Å². The van der Waals surface area contributed by atoms with Crippen LogP contribution in [0.15, 0.2) is 42.6 Å². The van der Waals surface area contributed by atoms with Crippen molar-refractivity contribution >= 4 is 23.6 Å². The van der Waals surface area contributed by atoms with Crippen molar-refractivity contribution in [1.82, 2.24) is 15.6 Å². The zero-order chi connectivity index (χ0) is 22.3. The molecule has 2 atom stereocenters. The molecule has 1 heterocycles. The number of hydrogen-bond acceptors (Lipinski definition) is 4. The van der Waals surface area contributed by atoms with Crippen molar-refractivity contribution in [2.45, 2.75) is 31.6 Å². The normalized spacial score (nSPS) is 13.2. The number of alkyl halides is 3. The third-order valence-corrected chi connectivity index (χ3v) is 4.19. The van der Waals surface area contributed by atoms with E-state index in [-0.39, 0.29) is 12.2 Å². The first-order chi connectivity index (χ1) is 14.0. The first-order valence-corrected chi connectivity index (χ1v) is 9.11. The fourth-order valence-corrected chi connectivity index (χ4v) is 2.68. The molecule has 0 aliphatic heterocycles. The van der Waals surface area contributed by atoms with Gasteiger partial charge >= 0.3 is 12.3 Å². The van der Waals surface area contributed by atoms with E-state index in [1.807, 2.05) is 0 Å². The third kappa shape index (κ3) is 7.78. The molecule has 0 aliphatic rings. The van der Waals surface area contributed by atoms with Crippen molar-refractivity contribution in [2.24, 2.45) is 0 Å². The quantitative estimate of drug-likeness (QED) is 0.564. The molecule has 1 aromatic carbocycles. The number of carbonyl (C=O) groups is 2. The van der Waals surface area contributed by atoms with Crippen molar-refractivity contribution in [1.29, 1.82) is 0 Å². The van der Waals surface area contributed by atoms with Crippen molar-refractivity contribution in [3.05, 3.63) is 58.9 Å². The Labute approximate surface area is 175 Å². The second-order valence-corrected chi connectivity index (χ2v) is 6.81. The van der Waals surface area contributed by atoms with Crippen LogP contribution < -0.4 is 15.4 Å². The number of halogens is 4. The van der Waals surface area contributed by atoms with Crippen molar-refractivity contribution in [3.63, 3.8) is 0 Å². The number of hydrogen-bond donors (Lipinski definition) is 3. The number of pyridine rings is 1. The van der Waals surface area contributed by atoms with E-state index in [9.17, 15) is 22.8 Å². The molecule has 0 aliphatic carbocycles. The lowest BCUT2D eigenvalue weighted by molar-refractivity contribution is -0.153. The molecule has 0 saturated heterocycles. The maximum atomic E-state index is 12.4. The topological polar surface area (TPSA) is 101 Å². The average molecular weight is 446 g/mol. The average Bonchev–Trinajstić information content (AvgIpc) is 2.66. The number of ether oxygens (including phenoxy) is 1. The minimum atomic E-state index is -4.45. The van der Waals surface area contributed by atoms with Crippen LogP contribution in [0.5, 0.6) is 5.75 Å². The zero-order valence-corrected chi connectivity index (χ0v) is 16.5. The molecule has 11 heteroatoms. The van der Waals surface area contributed by atoms with Gasteiger partial charge < -0.3 is 20.5 Å². The number of nitrogens with zero attached hydrogens (tertiary/aromatic N) is 1. The van der Waals surface area contributed by atoms with Gasteiger partial charge in [0, 0.05) is 5.02 Å². The van der Waals surface area contributed by atoms with Gasteiger partial charge in [-0.15, -0.1) is 0 Å². The number of aromatic nitrogens is 1. The molecular weight excluding hydrogens is 427 g/mol. The van der Waals surface area contributed by atoms with Crippen LogP contribution in [0.1, 0.15) is 36.7 Å². The Bertz CT molecular complexity index is 861. The van der Waals surface area contributed by atoms with Crippen LogP contribution in [0.25, 0.3) is 0 Å². The summed E-state index contributed by atoms with van der Waals surface area (Å²) in [5.74, 6) is -0.501. The largest absolute Gasteiger partial charge is 0.483 e. The van der Waals surface area contributed by atoms with Gasteiger partial charge in [0.1, 0.15) is 5.75 Å². The Morgan fingerprint density at radius 3 is 2.37 bits per heavy atom. The molecule has 30 heavy (non-hydrogen) atoms. The van der Waals surface area contributed by atoms with Crippen molar-refractivity contribution in [2.75, 3.05) is 6.61 Å². The summed E-state index contributed by atoms with van der Waals surface area (Å²) < 4.78 is 41.1. The van der Waals surface area contributed by atoms with Crippen LogP contribution in [-0.4, -0.2) is 34.9 Å². The van der Waals surface area contributed by atoms with Crippen LogP contribution in [0, 0.1) is 0 Å². The molecule has 0 spiro atoms. The molecule has 0 unspecified atom stereocenters. The van der Waals surface area contributed by atoms with E-state index in [2.05, 4.69) is 20.4 Å². The Balaban J connectivity index is 1.97. The van der Waals surface area contributed by atoms with Crippen molar-refractivity contribution in [3.8, 4) is 5.75 Å². The lowest BCUT2D eigenvalue weighted by Gasteiger charge is -2.19. The highest BCUT2D eigenvalue weighted by molar-refractivity contribution is 6.30. The van der Waals surface area contributed by atoms with Crippen LogP contribution in [-0.2, 0) is 4.79 Å². The van der Waals surface area contributed by atoms with E-state index in [1.165, 1.54) is 12.1 Å². The summed E-state index contributed by atoms with van der Waals surface area (Å²) in [6.07, 6.45) is -4.78. The first kappa shape index (κ1) is 23.3. The zero-order valence-electron chi connectivity index (χ0n) is 15.7. The van der Waals surface area contributed by atoms with Crippen LogP contribution >= 0.6 is 11.6 Å². The van der Waals surface area contributed by atoms with Gasteiger partial charge in [0.25, 0.3) is 0 Å². The first-order valence-electron chi connectivity index (χ1n) is 8.73. The molecule has 2 aromatic rings. The predicted octanol–water partition coefficient (Wildman–Crippen LogP) is 4.25. The number of rotatable bonds is 8. The molecule has 2 rings (SSSR count). The highest BCUT2D eigenvalue weighted by atomic mass is 35.5. The minimum absolute atomic E-state index is 0.0527. The monoisotopic (exact) mass is 445 g/mol. The van der Waals surface area contributed by atoms with Gasteiger partial charge in [-0.25, -0.2) is 4.79 Å². The van der Waals surface area contributed by atoms with Gasteiger partial charge in [0.15, 0.2) is 6.61 Å². The molecule has 0 saturated carbocycles. The fourth-order valence-electron chi connectivity index (χ4n) is 2.55. The molecule has 162 valence electrons. The summed E-state index contributed by atoms with van der Waals surface area (Å²) in [5.41, 5.74) is 0.964. The van der Waals surface area contributed by atoms with E-state index < -0.39 is 36.9 Å². The number of nitrogens with one attached hydrogen (secondary N) is 2. The van der Waals surface area contributed by atoms with E-state index in [1.54, 1.807) is 31.2 Å². The number of benzene rings is 1. The van der Waals surface area contributed by atoms with E-state index in [0.717, 1.165) is 6.20 Å². The standard InChI is InChI=1S/C19H19ClF3N3O4/c1-11(15-7-6-14(9-24-15)30-10-19(21,22)23)25-17(27)8-16(26-18(28)29)12-2-4-13(20)5-3-12/h2-7,9,11,16,26H,8,10H2,1H3,(H,25,27)(H,28,29)/t11-,16-/m1/s1. The van der Waals surface area contributed by atoms with Gasteiger partial charge in [-0.3, -0.25) is 9.78 Å². The van der Waals surface area contributed by atoms with Crippen LogP contribution in [0.2, 0.25) is 5.02 Å². The number of carboxylic acid groups (broad SMARTS) is 1. The number of carbonyl (C=O) groups excluding carboxylic acids is 1. The predicted molar refractivity (Wildman–Crippen MR) is 102 cm³/mol. The maximum absolute atomic E-state index is 12.4. The van der Waals surface area contributed by atoms with Crippen LogP contribution in [0.4, 0.5) is 18.0 Å². The fraction of sp³-hybridized carbons (Fsp3) is 0.316. The molecule has 0 bridgehead atoms. The summed E-state index contributed by atoms with van der Waals surface area (Å²) >= 11 is 5.83. The molecule has 2 amide bonds. The summed E-state index contributed by atoms with van der Waals surface area (Å²) in [5, 5.41) is 14.5. The smallest absolute Gasteiger partial charge is 0.422 e. The molecular formula is C19H19ClF3N3O4. The van der Waals surface area contributed by atoms with Gasteiger partial charge in [0.05, 0.1) is 30.4 Å². The molecule has 7 nitrogen and oxygen atoms in total. The van der Waals surface area contributed by atoms with Gasteiger partial charge in [-0.05, 0) is 36.8 Å². The Morgan fingerprint density at radius 1 is 1.17 bits per heavy atom. The lowest BCUT2D eigenvalue weighted by atomic mass is 10.0. The Hall–Kier alpha value is -3.01. The van der Waals surface area contributed by atoms with Gasteiger partial charge in [-0.2, -0.15) is 13.2 Å². The highest BCUT2D eigenvalue weighted by Crippen LogP contribution is 2.21. The van der Waals surface area contributed by atoms with E-state index in [4.69, 9.17) is 16.7 Å². The molecule has 0 radical (unpaired) electrons. The maximum Gasteiger partial charge on any atom is 0.422 e. The summed E-state index contributed by atoms with van der Waals surface area (Å²) in [6.45, 7) is 0.210. The van der Waals surface area contributed by atoms with Gasteiger partial charge in [-0.1, -0.05) is 23.7 Å². The van der Waals surface area contributed by atoms with Gasteiger partial charge in [0.2, 0.25) is 5.91 Å². The minimum Gasteiger partial charge on any atom is -0.483 e. The molecule has 0 fully saturated rings. The summed E-state index contributed by atoms with van der Waals surface area (Å²) in [6, 6.07) is 7.78. The summed E-state index contributed by atoms with van der Waals surface area (Å²) in [7, 11) is 0. The van der Waals surface area contributed by atoms with Crippen molar-refractivity contribution < 1.29 is 32.6 Å². The Morgan fingerprint density at radius 2 is 1.83 bits per heavy atom. The third-order valence-electron chi connectivity index (χ3n) is 3.94.